The van der Waals surface area contributed by atoms with E-state index in [-0.39, 0.29) is 16.3 Å². The molecule has 3 rings (SSSR count). The molecule has 0 saturated heterocycles. The fourth-order valence-electron chi connectivity index (χ4n) is 2.24. The molecule has 0 aliphatic rings. The fraction of sp³-hybridized carbons (Fsp3) is 0.0667. The van der Waals surface area contributed by atoms with Gasteiger partial charge in [-0.1, -0.05) is 11.6 Å². The average Bonchev–Trinajstić information content (AvgIpc) is 2.92. The molecule has 0 bridgehead atoms. The number of hydrogen-bond acceptors (Lipinski definition) is 3. The van der Waals surface area contributed by atoms with Gasteiger partial charge in [-0.05, 0) is 30.3 Å². The van der Waals surface area contributed by atoms with Crippen molar-refractivity contribution in [2.45, 2.75) is 4.90 Å². The molecular formula is C15H12ClFN2O3S. The maximum absolute atomic E-state index is 13.2. The van der Waals surface area contributed by atoms with Gasteiger partial charge in [0.05, 0.1) is 12.8 Å². The number of fused-ring (bicyclic) bond motifs is 1. The number of H-pyrrole nitrogens is 1. The van der Waals surface area contributed by atoms with E-state index in [4.69, 9.17) is 16.3 Å². The Hall–Kier alpha value is -2.25. The smallest absolute Gasteiger partial charge is 0.264 e. The Kier molecular flexibility index (Phi) is 3.91. The Morgan fingerprint density at radius 3 is 2.74 bits per heavy atom. The summed E-state index contributed by atoms with van der Waals surface area (Å²) in [6, 6.07) is 8.41. The topological polar surface area (TPSA) is 71.2 Å². The van der Waals surface area contributed by atoms with E-state index in [9.17, 15) is 12.8 Å². The summed E-state index contributed by atoms with van der Waals surface area (Å²) in [5, 5.41) is 0.999. The van der Waals surface area contributed by atoms with Crippen molar-refractivity contribution in [3.05, 3.63) is 53.4 Å². The minimum Gasteiger partial charge on any atom is -0.494 e. The molecule has 120 valence electrons. The highest BCUT2D eigenvalue weighted by atomic mass is 35.5. The zero-order valence-electron chi connectivity index (χ0n) is 11.9. The molecule has 2 N–H and O–H groups in total. The second-order valence-corrected chi connectivity index (χ2v) is 6.88. The number of hydrogen-bond donors (Lipinski definition) is 2. The number of methoxy groups -OCH3 is 1. The molecule has 0 aliphatic carbocycles. The minimum absolute atomic E-state index is 0.0653. The predicted octanol–water partition coefficient (Wildman–Crippen LogP) is 3.77. The number of rotatable bonds is 4. The van der Waals surface area contributed by atoms with Gasteiger partial charge in [-0.3, -0.25) is 4.72 Å². The van der Waals surface area contributed by atoms with Gasteiger partial charge in [-0.25, -0.2) is 12.8 Å². The maximum atomic E-state index is 13.2. The molecule has 0 saturated carbocycles. The zero-order chi connectivity index (χ0) is 16.6. The standard InChI is InChI=1S/C15H12ClFN2O3S/c1-22-14-7-10(17)3-5-12(14)19-23(20,21)15-8-18-13-6-9(16)2-4-11(13)15/h2-8,18-19H,1H3. The molecule has 0 unspecified atom stereocenters. The molecule has 0 amide bonds. The molecule has 23 heavy (non-hydrogen) atoms. The normalized spacial score (nSPS) is 11.6. The van der Waals surface area contributed by atoms with Crippen LogP contribution in [0.2, 0.25) is 5.02 Å². The van der Waals surface area contributed by atoms with Gasteiger partial charge in [0.15, 0.2) is 0 Å². The molecule has 1 aromatic heterocycles. The lowest BCUT2D eigenvalue weighted by Crippen LogP contribution is -2.13. The minimum atomic E-state index is -3.88. The third-order valence-corrected chi connectivity index (χ3v) is 4.94. The zero-order valence-corrected chi connectivity index (χ0v) is 13.5. The highest BCUT2D eigenvalue weighted by Crippen LogP contribution is 2.30. The molecule has 0 fully saturated rings. The molecule has 3 aromatic rings. The van der Waals surface area contributed by atoms with Crippen molar-refractivity contribution in [3.8, 4) is 5.75 Å². The van der Waals surface area contributed by atoms with E-state index < -0.39 is 15.8 Å². The summed E-state index contributed by atoms with van der Waals surface area (Å²) in [7, 11) is -2.55. The number of anilines is 1. The first kappa shape index (κ1) is 15.6. The van der Waals surface area contributed by atoms with E-state index in [0.29, 0.717) is 15.9 Å². The Labute approximate surface area is 137 Å². The Morgan fingerprint density at radius 1 is 1.22 bits per heavy atom. The van der Waals surface area contributed by atoms with Crippen LogP contribution in [0.3, 0.4) is 0 Å². The van der Waals surface area contributed by atoms with E-state index in [2.05, 4.69) is 9.71 Å². The monoisotopic (exact) mass is 354 g/mol. The van der Waals surface area contributed by atoms with Gasteiger partial charge in [-0.15, -0.1) is 0 Å². The van der Waals surface area contributed by atoms with E-state index in [1.165, 1.54) is 19.4 Å². The lowest BCUT2D eigenvalue weighted by Gasteiger charge is -2.11. The van der Waals surface area contributed by atoms with Crippen LogP contribution in [0.5, 0.6) is 5.75 Å². The number of nitrogens with one attached hydrogen (secondary N) is 2. The SMILES string of the molecule is COc1cc(F)ccc1NS(=O)(=O)c1c[nH]c2cc(Cl)ccc12. The molecule has 0 radical (unpaired) electrons. The summed E-state index contributed by atoms with van der Waals surface area (Å²) in [4.78, 5) is 2.93. The summed E-state index contributed by atoms with van der Waals surface area (Å²) < 4.78 is 45.8. The Bertz CT molecular complexity index is 986. The number of ether oxygens (including phenoxy) is 1. The molecule has 0 aliphatic heterocycles. The van der Waals surface area contributed by atoms with Crippen LogP contribution in [-0.4, -0.2) is 20.5 Å². The second-order valence-electron chi connectivity index (χ2n) is 4.79. The number of halogens is 2. The van der Waals surface area contributed by atoms with Gasteiger partial charge in [-0.2, -0.15) is 0 Å². The molecule has 0 spiro atoms. The number of sulfonamides is 1. The van der Waals surface area contributed by atoms with Crippen molar-refractivity contribution in [3.63, 3.8) is 0 Å². The van der Waals surface area contributed by atoms with Crippen LogP contribution in [0.4, 0.5) is 10.1 Å². The summed E-state index contributed by atoms with van der Waals surface area (Å²) >= 11 is 5.89. The van der Waals surface area contributed by atoms with Crippen molar-refractivity contribution in [1.29, 1.82) is 0 Å². The third-order valence-electron chi connectivity index (χ3n) is 3.30. The van der Waals surface area contributed by atoms with Gasteiger partial charge in [0, 0.05) is 28.2 Å². The van der Waals surface area contributed by atoms with Crippen LogP contribution in [0, 0.1) is 5.82 Å². The van der Waals surface area contributed by atoms with Crippen LogP contribution < -0.4 is 9.46 Å². The summed E-state index contributed by atoms with van der Waals surface area (Å²) in [6.07, 6.45) is 1.37. The first-order valence-electron chi connectivity index (χ1n) is 6.54. The summed E-state index contributed by atoms with van der Waals surface area (Å²) in [6.45, 7) is 0. The fourth-order valence-corrected chi connectivity index (χ4v) is 3.67. The first-order valence-corrected chi connectivity index (χ1v) is 8.40. The van der Waals surface area contributed by atoms with Crippen molar-refractivity contribution in [2.75, 3.05) is 11.8 Å². The maximum Gasteiger partial charge on any atom is 0.264 e. The van der Waals surface area contributed by atoms with Crippen molar-refractivity contribution in [2.24, 2.45) is 0 Å². The molecule has 0 atom stereocenters. The van der Waals surface area contributed by atoms with Crippen LogP contribution in [0.1, 0.15) is 0 Å². The van der Waals surface area contributed by atoms with E-state index >= 15 is 0 Å². The molecule has 5 nitrogen and oxygen atoms in total. The van der Waals surface area contributed by atoms with Crippen LogP contribution in [-0.2, 0) is 10.0 Å². The van der Waals surface area contributed by atoms with Crippen molar-refractivity contribution in [1.82, 2.24) is 4.98 Å². The Morgan fingerprint density at radius 2 is 2.00 bits per heavy atom. The Balaban J connectivity index is 2.04. The number of benzene rings is 2. The summed E-state index contributed by atoms with van der Waals surface area (Å²) in [5.74, 6) is -0.428. The number of aromatic amines is 1. The lowest BCUT2D eigenvalue weighted by atomic mass is 10.2. The van der Waals surface area contributed by atoms with Gasteiger partial charge in [0.2, 0.25) is 0 Å². The lowest BCUT2D eigenvalue weighted by molar-refractivity contribution is 0.413. The third kappa shape index (κ3) is 2.97. The highest BCUT2D eigenvalue weighted by Gasteiger charge is 2.21. The molecule has 2 aromatic carbocycles. The van der Waals surface area contributed by atoms with E-state index in [1.807, 2.05) is 0 Å². The molecule has 1 heterocycles. The van der Waals surface area contributed by atoms with Crippen LogP contribution in [0.25, 0.3) is 10.9 Å². The highest BCUT2D eigenvalue weighted by molar-refractivity contribution is 7.93. The van der Waals surface area contributed by atoms with E-state index in [0.717, 1.165) is 12.1 Å². The van der Waals surface area contributed by atoms with Gasteiger partial charge >= 0.3 is 0 Å². The first-order chi connectivity index (χ1) is 10.9. The van der Waals surface area contributed by atoms with Crippen LogP contribution >= 0.6 is 11.6 Å². The van der Waals surface area contributed by atoms with E-state index in [1.54, 1.807) is 18.2 Å². The quantitative estimate of drug-likeness (QED) is 0.749. The summed E-state index contributed by atoms with van der Waals surface area (Å²) in [5.41, 5.74) is 0.751. The average molecular weight is 355 g/mol. The van der Waals surface area contributed by atoms with Crippen molar-refractivity contribution < 1.29 is 17.5 Å². The largest absolute Gasteiger partial charge is 0.494 e. The van der Waals surface area contributed by atoms with Crippen LogP contribution in [0.15, 0.2) is 47.5 Å². The van der Waals surface area contributed by atoms with Gasteiger partial charge in [0.25, 0.3) is 10.0 Å². The van der Waals surface area contributed by atoms with Gasteiger partial charge in [0.1, 0.15) is 16.5 Å². The van der Waals surface area contributed by atoms with Gasteiger partial charge < -0.3 is 9.72 Å². The second kappa shape index (κ2) is 5.75. The molecule has 8 heteroatoms. The molecular weight excluding hydrogens is 343 g/mol. The van der Waals surface area contributed by atoms with Crippen molar-refractivity contribution >= 4 is 38.2 Å². The number of aromatic nitrogens is 1. The predicted molar refractivity (Wildman–Crippen MR) is 87.1 cm³/mol.